The van der Waals surface area contributed by atoms with Crippen LogP contribution in [0.25, 0.3) is 32.7 Å². The van der Waals surface area contributed by atoms with Crippen LogP contribution in [0.15, 0.2) is 140 Å². The van der Waals surface area contributed by atoms with Gasteiger partial charge in [-0.05, 0) is 186 Å². The van der Waals surface area contributed by atoms with Crippen molar-refractivity contribution in [2.45, 2.75) is 53.8 Å². The maximum Gasteiger partial charge on any atom is 0.357 e. The molecule has 29 heteroatoms. The summed E-state index contributed by atoms with van der Waals surface area (Å²) in [5.74, 6) is -1.22. The largest absolute Gasteiger partial charge is 0.497 e. The molecule has 3 saturated heterocycles. The van der Waals surface area contributed by atoms with Crippen LogP contribution in [-0.4, -0.2) is 238 Å². The zero-order valence-electron chi connectivity index (χ0n) is 63.7. The standard InChI is InChI=1S/C29H36N4O5.C27H30ClFN4O4.C24H29N5O5/c1-6-38-29(36)25-26(23-19-20(2)7-12-24(23)33(28(25)35)18-13-30(3)4)31-14-16-32(17-15-31)27(34)21-8-10-22(37-5)11-9-21;1-4-37-27(36)23-24(21-17-19(28)7-10-22(21)33(26(23)35)16-11-30(2)3)31-12-14-32(15-13-31)25(34)18-5-8-20(29)9-6-18;1-17-7-8-19-18(16-17)21(22(29(32)33)24(31)28(19)10-5-9-25(2)3)26-11-13-27(14-12-26)23(30)20-6-4-15-34-20/h7-12,19H,6,13-18H2,1-5H3;5-10,17H,4,11-16H2,1-3H3;4,6-8,15-16H,5,9-14H2,1-3H3. The minimum atomic E-state index is -0.687. The van der Waals surface area contributed by atoms with Crippen molar-refractivity contribution in [1.29, 1.82) is 0 Å². The topological polar surface area (TPSA) is 264 Å². The van der Waals surface area contributed by atoms with Crippen LogP contribution in [0.3, 0.4) is 0 Å². The van der Waals surface area contributed by atoms with Gasteiger partial charge in [-0.3, -0.25) is 38.9 Å². The van der Waals surface area contributed by atoms with Crippen LogP contribution < -0.4 is 36.1 Å². The van der Waals surface area contributed by atoms with E-state index in [4.69, 9.17) is 30.2 Å². The number of esters is 2. The highest BCUT2D eigenvalue weighted by atomic mass is 35.5. The number of anilines is 3. The predicted molar refractivity (Wildman–Crippen MR) is 420 cm³/mol. The summed E-state index contributed by atoms with van der Waals surface area (Å²) in [6, 6.07) is 32.7. The van der Waals surface area contributed by atoms with E-state index in [1.165, 1.54) is 35.1 Å². The highest BCUT2D eigenvalue weighted by molar-refractivity contribution is 6.31. The fourth-order valence-electron chi connectivity index (χ4n) is 13.9. The quantitative estimate of drug-likeness (QED) is 0.0347. The second-order valence-corrected chi connectivity index (χ2v) is 28.2. The Morgan fingerprint density at radius 2 is 0.917 bits per heavy atom. The van der Waals surface area contributed by atoms with Crippen molar-refractivity contribution in [2.24, 2.45) is 0 Å². The van der Waals surface area contributed by atoms with E-state index in [1.807, 2.05) is 122 Å². The maximum atomic E-state index is 13.8. The number of aromatic nitrogens is 3. The molecule has 578 valence electrons. The second-order valence-electron chi connectivity index (χ2n) is 27.7. The highest BCUT2D eigenvalue weighted by Gasteiger charge is 2.36. The maximum absolute atomic E-state index is 13.8. The van der Waals surface area contributed by atoms with E-state index in [0.29, 0.717) is 178 Å². The number of nitro groups is 1. The van der Waals surface area contributed by atoms with E-state index < -0.39 is 39.5 Å². The van der Waals surface area contributed by atoms with Crippen LogP contribution in [0.4, 0.5) is 27.1 Å². The first-order valence-electron chi connectivity index (χ1n) is 36.4. The molecule has 3 aliphatic rings. The molecule has 3 fully saturated rings. The van der Waals surface area contributed by atoms with Crippen molar-refractivity contribution < 1.29 is 51.9 Å². The summed E-state index contributed by atoms with van der Waals surface area (Å²) in [6.45, 7) is 15.8. The third-order valence-corrected chi connectivity index (χ3v) is 19.7. The summed E-state index contributed by atoms with van der Waals surface area (Å²) in [7, 11) is 13.2. The number of furan rings is 1. The number of hydrogen-bond donors (Lipinski definition) is 0. The molecule has 27 nitrogen and oxygen atoms in total. The summed E-state index contributed by atoms with van der Waals surface area (Å²) >= 11 is 6.38. The minimum Gasteiger partial charge on any atom is -0.497 e. The van der Waals surface area contributed by atoms with Crippen molar-refractivity contribution in [3.8, 4) is 5.75 Å². The Kier molecular flexibility index (Phi) is 26.8. The SMILES string of the molecule is CCOC(=O)c1c(N2CCN(C(=O)c3ccc(F)cc3)CC2)c2cc(Cl)ccc2n(CCN(C)C)c1=O.CCOC(=O)c1c(N2CCN(C(=O)c3ccc(OC)cc3)CC2)c2cc(C)ccc2n(CCN(C)C)c1=O.Cc1ccc2c(c1)c(N1CCN(C(=O)c3ccco3)CC1)c([N+](=O)[O-])c(=O)n2CCCN(C)C. The third-order valence-electron chi connectivity index (χ3n) is 19.4. The summed E-state index contributed by atoms with van der Waals surface area (Å²) in [6.07, 6.45) is 2.15. The smallest absolute Gasteiger partial charge is 0.357 e. The number of nitrogens with zero attached hydrogens (tertiary/aromatic N) is 13. The number of carbonyl (C=O) groups is 5. The molecule has 7 heterocycles. The van der Waals surface area contributed by atoms with E-state index in [1.54, 1.807) is 99.4 Å². The monoisotopic (exact) mass is 1520 g/mol. The van der Waals surface area contributed by atoms with Gasteiger partial charge in [0.05, 0.1) is 59.4 Å². The van der Waals surface area contributed by atoms with Crippen molar-refractivity contribution in [3.63, 3.8) is 0 Å². The van der Waals surface area contributed by atoms with E-state index in [9.17, 15) is 52.9 Å². The van der Waals surface area contributed by atoms with Crippen LogP contribution in [0.1, 0.15) is 83.4 Å². The number of likely N-dealkylation sites (N-methyl/N-ethyl adjacent to an activating group) is 2. The number of carbonyl (C=O) groups excluding carboxylic acids is 5. The van der Waals surface area contributed by atoms with Crippen molar-refractivity contribution in [1.82, 2.24) is 43.1 Å². The third kappa shape index (κ3) is 18.6. The highest BCUT2D eigenvalue weighted by Crippen LogP contribution is 2.37. The Hall–Kier alpha value is -10.9. The Balaban J connectivity index is 0.000000174. The van der Waals surface area contributed by atoms with Crippen LogP contribution in [0, 0.1) is 29.8 Å². The van der Waals surface area contributed by atoms with Crippen molar-refractivity contribution in [3.05, 3.63) is 213 Å². The summed E-state index contributed by atoms with van der Waals surface area (Å²) in [5, 5.41) is 14.8. The van der Waals surface area contributed by atoms with Gasteiger partial charge in [0.15, 0.2) is 5.76 Å². The Labute approximate surface area is 636 Å². The van der Waals surface area contributed by atoms with Gasteiger partial charge in [-0.25, -0.2) is 14.0 Å². The molecule has 0 N–H and O–H groups in total. The molecule has 0 radical (unpaired) electrons. The van der Waals surface area contributed by atoms with Gasteiger partial charge >= 0.3 is 23.2 Å². The lowest BCUT2D eigenvalue weighted by Gasteiger charge is -2.37. The van der Waals surface area contributed by atoms with Gasteiger partial charge in [0.25, 0.3) is 28.8 Å². The summed E-state index contributed by atoms with van der Waals surface area (Å²) in [4.78, 5) is 135. The number of ether oxygens (including phenoxy) is 3. The molecule has 0 aliphatic carbocycles. The number of benzene rings is 5. The van der Waals surface area contributed by atoms with Gasteiger partial charge < -0.3 is 76.4 Å². The second kappa shape index (κ2) is 36.3. The normalized spacial score (nSPS) is 13.9. The van der Waals surface area contributed by atoms with Crippen LogP contribution >= 0.6 is 11.6 Å². The van der Waals surface area contributed by atoms with E-state index >= 15 is 0 Å². The van der Waals surface area contributed by atoms with E-state index in [0.717, 1.165) is 28.6 Å². The first-order chi connectivity index (χ1) is 52.2. The van der Waals surface area contributed by atoms with Gasteiger partial charge in [-0.15, -0.1) is 0 Å². The number of halogens is 2. The van der Waals surface area contributed by atoms with Gasteiger partial charge in [0.2, 0.25) is 0 Å². The number of amides is 3. The molecule has 5 aromatic carbocycles. The van der Waals surface area contributed by atoms with Crippen LogP contribution in [-0.2, 0) is 29.1 Å². The number of piperazine rings is 3. The number of aryl methyl sites for hydroxylation is 3. The minimum absolute atomic E-state index is 0.0336. The molecule has 109 heavy (non-hydrogen) atoms. The summed E-state index contributed by atoms with van der Waals surface area (Å²) in [5.41, 5.74) is 4.75. The van der Waals surface area contributed by atoms with Gasteiger partial charge in [-0.1, -0.05) is 34.9 Å². The molecular weight excluding hydrogens is 1420 g/mol. The lowest BCUT2D eigenvalue weighted by molar-refractivity contribution is -0.385. The fourth-order valence-corrected chi connectivity index (χ4v) is 14.1. The fraction of sp³-hybridized carbons (Fsp3) is 0.400. The number of methoxy groups -OCH3 is 1. The number of fused-ring (bicyclic) bond motifs is 3. The molecule has 0 spiro atoms. The number of hydrogen-bond acceptors (Lipinski definition) is 20. The summed E-state index contributed by atoms with van der Waals surface area (Å²) < 4.78 is 39.2. The van der Waals surface area contributed by atoms with Crippen LogP contribution in [0.5, 0.6) is 5.75 Å². The van der Waals surface area contributed by atoms with E-state index in [-0.39, 0.29) is 53.4 Å². The van der Waals surface area contributed by atoms with Crippen molar-refractivity contribution in [2.75, 3.05) is 175 Å². The molecule has 4 aromatic heterocycles. The Morgan fingerprint density at radius 3 is 1.33 bits per heavy atom. The number of rotatable bonds is 22. The van der Waals surface area contributed by atoms with Crippen LogP contribution in [0.2, 0.25) is 5.02 Å². The van der Waals surface area contributed by atoms with E-state index in [2.05, 4.69) is 0 Å². The molecule has 3 aliphatic heterocycles. The zero-order chi connectivity index (χ0) is 78.5. The number of pyridine rings is 3. The first kappa shape index (κ1) is 80.6. The van der Waals surface area contributed by atoms with Gasteiger partial charge in [0.1, 0.15) is 28.4 Å². The Morgan fingerprint density at radius 1 is 0.514 bits per heavy atom. The molecule has 0 saturated carbocycles. The lowest BCUT2D eigenvalue weighted by Crippen LogP contribution is -2.49. The first-order valence-corrected chi connectivity index (χ1v) is 36.8. The molecule has 0 unspecified atom stereocenters. The van der Waals surface area contributed by atoms with Gasteiger partial charge in [-0.2, -0.15) is 0 Å². The zero-order valence-corrected chi connectivity index (χ0v) is 64.4. The predicted octanol–water partition coefficient (Wildman–Crippen LogP) is 9.24. The Bertz CT molecular complexity index is 4980. The average molecular weight is 1520 g/mol. The molecule has 3 amide bonds. The van der Waals surface area contributed by atoms with Crippen molar-refractivity contribution >= 4 is 96.7 Å². The molecule has 12 rings (SSSR count). The average Bonchev–Trinajstić information content (AvgIpc) is 0.976. The lowest BCUT2D eigenvalue weighted by atomic mass is 10.0. The molecular formula is C80H95ClFN13O14. The molecule has 0 atom stereocenters. The molecule has 9 aromatic rings. The van der Waals surface area contributed by atoms with Gasteiger partial charge in [0, 0.05) is 144 Å². The molecule has 0 bridgehead atoms.